The Morgan fingerprint density at radius 3 is 2.84 bits per heavy atom. The zero-order chi connectivity index (χ0) is 14.3. The molecule has 0 aromatic carbocycles. The number of carboxylic acid groups (broad SMARTS) is 1. The number of carboxylic acids is 1. The second-order valence-electron chi connectivity index (χ2n) is 4.37. The van der Waals surface area contributed by atoms with Gasteiger partial charge in [-0.05, 0) is 25.0 Å². The first-order chi connectivity index (χ1) is 9.02. The van der Waals surface area contributed by atoms with E-state index in [-0.39, 0.29) is 18.2 Å². The highest BCUT2D eigenvalue weighted by Crippen LogP contribution is 2.10. The molecule has 0 aliphatic heterocycles. The Morgan fingerprint density at radius 2 is 2.21 bits per heavy atom. The van der Waals surface area contributed by atoms with Gasteiger partial charge in [0.25, 0.3) is 5.91 Å². The maximum absolute atomic E-state index is 11.6. The first-order valence-corrected chi connectivity index (χ1v) is 6.22. The topological polar surface area (TPSA) is 91.3 Å². The molecule has 1 amide bonds. The lowest BCUT2D eigenvalue weighted by molar-refractivity contribution is -0.137. The third-order valence-electron chi connectivity index (χ3n) is 2.51. The number of carbonyl (C=O) groups is 2. The molecule has 1 heterocycles. The number of nitrogens with one attached hydrogen (secondary N) is 2. The van der Waals surface area contributed by atoms with Crippen molar-refractivity contribution in [2.24, 2.45) is 5.92 Å². The summed E-state index contributed by atoms with van der Waals surface area (Å²) in [5.74, 6) is -1.02. The first-order valence-electron chi connectivity index (χ1n) is 6.22. The van der Waals surface area contributed by atoms with Gasteiger partial charge in [0.2, 0.25) is 0 Å². The molecule has 0 aliphatic carbocycles. The molecule has 0 aliphatic rings. The lowest BCUT2D eigenvalue weighted by Gasteiger charge is -2.12. The molecule has 104 valence electrons. The molecule has 0 saturated carbocycles. The SMILES string of the molecule is CCNC(=O)c1cc(NCC(C)CC(=O)O)ccn1. The van der Waals surface area contributed by atoms with E-state index in [0.717, 1.165) is 5.69 Å². The molecule has 19 heavy (non-hydrogen) atoms. The van der Waals surface area contributed by atoms with Gasteiger partial charge in [-0.3, -0.25) is 14.6 Å². The van der Waals surface area contributed by atoms with Crippen LogP contribution >= 0.6 is 0 Å². The summed E-state index contributed by atoms with van der Waals surface area (Å²) in [4.78, 5) is 26.1. The summed E-state index contributed by atoms with van der Waals surface area (Å²) >= 11 is 0. The van der Waals surface area contributed by atoms with Gasteiger partial charge < -0.3 is 15.7 Å². The molecule has 6 nitrogen and oxygen atoms in total. The molecule has 1 rings (SSSR count). The number of hydrogen-bond donors (Lipinski definition) is 3. The van der Waals surface area contributed by atoms with Gasteiger partial charge in [-0.2, -0.15) is 0 Å². The highest BCUT2D eigenvalue weighted by Gasteiger charge is 2.09. The lowest BCUT2D eigenvalue weighted by Crippen LogP contribution is -2.24. The minimum absolute atomic E-state index is 0.0126. The van der Waals surface area contributed by atoms with Crippen molar-refractivity contribution in [3.63, 3.8) is 0 Å². The van der Waals surface area contributed by atoms with Gasteiger partial charge in [0.1, 0.15) is 5.69 Å². The van der Waals surface area contributed by atoms with Crippen LogP contribution in [0.4, 0.5) is 5.69 Å². The summed E-state index contributed by atoms with van der Waals surface area (Å²) in [5.41, 5.74) is 1.10. The van der Waals surface area contributed by atoms with E-state index in [0.29, 0.717) is 18.8 Å². The van der Waals surface area contributed by atoms with E-state index >= 15 is 0 Å². The van der Waals surface area contributed by atoms with Crippen LogP contribution in [0, 0.1) is 5.92 Å². The van der Waals surface area contributed by atoms with Gasteiger partial charge in [0, 0.05) is 31.4 Å². The smallest absolute Gasteiger partial charge is 0.303 e. The number of pyridine rings is 1. The number of carbonyl (C=O) groups excluding carboxylic acids is 1. The van der Waals surface area contributed by atoms with Crippen molar-refractivity contribution in [3.05, 3.63) is 24.0 Å². The van der Waals surface area contributed by atoms with Crippen molar-refractivity contribution in [3.8, 4) is 0 Å². The van der Waals surface area contributed by atoms with Gasteiger partial charge in [-0.1, -0.05) is 6.92 Å². The Morgan fingerprint density at radius 1 is 1.47 bits per heavy atom. The van der Waals surface area contributed by atoms with Gasteiger partial charge >= 0.3 is 5.97 Å². The van der Waals surface area contributed by atoms with E-state index in [1.807, 2.05) is 13.8 Å². The van der Waals surface area contributed by atoms with Crippen LogP contribution in [0.1, 0.15) is 30.8 Å². The van der Waals surface area contributed by atoms with Crippen LogP contribution in [-0.4, -0.2) is 35.1 Å². The highest BCUT2D eigenvalue weighted by molar-refractivity contribution is 5.93. The van der Waals surface area contributed by atoms with Gasteiger partial charge in [-0.15, -0.1) is 0 Å². The second kappa shape index (κ2) is 7.35. The standard InChI is InChI=1S/C13H19N3O3/c1-3-14-13(19)11-7-10(4-5-15-11)16-8-9(2)6-12(17)18/h4-5,7,9H,3,6,8H2,1-2H3,(H,14,19)(H,15,16)(H,17,18). The fourth-order valence-electron chi connectivity index (χ4n) is 1.58. The van der Waals surface area contributed by atoms with Crippen molar-refractivity contribution in [2.45, 2.75) is 20.3 Å². The van der Waals surface area contributed by atoms with Gasteiger partial charge in [0.15, 0.2) is 0 Å². The summed E-state index contributed by atoms with van der Waals surface area (Å²) in [6.07, 6.45) is 1.66. The Labute approximate surface area is 112 Å². The molecular weight excluding hydrogens is 246 g/mol. The van der Waals surface area contributed by atoms with Crippen molar-refractivity contribution < 1.29 is 14.7 Å². The molecule has 1 aromatic heterocycles. The average molecular weight is 265 g/mol. The molecular formula is C13H19N3O3. The molecule has 0 radical (unpaired) electrons. The van der Waals surface area contributed by atoms with Crippen molar-refractivity contribution in [1.82, 2.24) is 10.3 Å². The lowest BCUT2D eigenvalue weighted by atomic mass is 10.1. The van der Waals surface area contributed by atoms with E-state index in [1.54, 1.807) is 18.3 Å². The van der Waals surface area contributed by atoms with Crippen LogP contribution in [0.25, 0.3) is 0 Å². The largest absolute Gasteiger partial charge is 0.481 e. The molecule has 1 unspecified atom stereocenters. The quantitative estimate of drug-likeness (QED) is 0.692. The third kappa shape index (κ3) is 5.37. The molecule has 3 N–H and O–H groups in total. The van der Waals surface area contributed by atoms with Crippen LogP contribution in [0.2, 0.25) is 0 Å². The number of hydrogen-bond acceptors (Lipinski definition) is 4. The summed E-state index contributed by atoms with van der Waals surface area (Å²) in [6, 6.07) is 3.40. The maximum atomic E-state index is 11.6. The van der Waals surface area contributed by atoms with Crippen LogP contribution in [0.5, 0.6) is 0 Å². The predicted molar refractivity (Wildman–Crippen MR) is 72.2 cm³/mol. The Hall–Kier alpha value is -2.11. The zero-order valence-electron chi connectivity index (χ0n) is 11.1. The van der Waals surface area contributed by atoms with Gasteiger partial charge in [-0.25, -0.2) is 0 Å². The Bertz CT molecular complexity index is 449. The molecule has 1 aromatic rings. The molecule has 0 spiro atoms. The Kier molecular flexibility index (Phi) is 5.78. The zero-order valence-corrected chi connectivity index (χ0v) is 11.1. The summed E-state index contributed by atoms with van der Waals surface area (Å²) < 4.78 is 0. The van der Waals surface area contributed by atoms with Gasteiger partial charge in [0.05, 0.1) is 0 Å². The summed E-state index contributed by atoms with van der Waals surface area (Å²) in [6.45, 7) is 4.78. The van der Waals surface area contributed by atoms with E-state index in [9.17, 15) is 9.59 Å². The molecule has 0 fully saturated rings. The maximum Gasteiger partial charge on any atom is 0.303 e. The first kappa shape index (κ1) is 14.9. The number of aromatic nitrogens is 1. The predicted octanol–water partition coefficient (Wildman–Crippen LogP) is 1.35. The average Bonchev–Trinajstić information content (AvgIpc) is 2.36. The van der Waals surface area contributed by atoms with Crippen LogP contribution in [0.3, 0.4) is 0 Å². The fourth-order valence-corrected chi connectivity index (χ4v) is 1.58. The van der Waals surface area contributed by atoms with E-state index in [4.69, 9.17) is 5.11 Å². The van der Waals surface area contributed by atoms with Crippen LogP contribution in [-0.2, 0) is 4.79 Å². The Balaban J connectivity index is 2.57. The number of anilines is 1. The van der Waals surface area contributed by atoms with Crippen LogP contribution < -0.4 is 10.6 Å². The van der Waals surface area contributed by atoms with E-state index < -0.39 is 5.97 Å². The normalized spacial score (nSPS) is 11.7. The number of aliphatic carboxylic acids is 1. The van der Waals surface area contributed by atoms with Crippen molar-refractivity contribution in [2.75, 3.05) is 18.4 Å². The summed E-state index contributed by atoms with van der Waals surface area (Å²) in [5, 5.41) is 14.4. The fraction of sp³-hybridized carbons (Fsp3) is 0.462. The number of amides is 1. The van der Waals surface area contributed by atoms with Crippen LogP contribution in [0.15, 0.2) is 18.3 Å². The molecule has 0 saturated heterocycles. The molecule has 1 atom stereocenters. The second-order valence-corrected chi connectivity index (χ2v) is 4.37. The van der Waals surface area contributed by atoms with Crippen molar-refractivity contribution in [1.29, 1.82) is 0 Å². The highest BCUT2D eigenvalue weighted by atomic mass is 16.4. The van der Waals surface area contributed by atoms with E-state index in [1.165, 1.54) is 0 Å². The molecule has 0 bridgehead atoms. The minimum Gasteiger partial charge on any atom is -0.481 e. The third-order valence-corrected chi connectivity index (χ3v) is 2.51. The van der Waals surface area contributed by atoms with Crippen molar-refractivity contribution >= 4 is 17.6 Å². The number of rotatable bonds is 7. The van der Waals surface area contributed by atoms with E-state index in [2.05, 4.69) is 15.6 Å². The molecule has 6 heteroatoms. The summed E-state index contributed by atoms with van der Waals surface area (Å²) in [7, 11) is 0. The monoisotopic (exact) mass is 265 g/mol. The minimum atomic E-state index is -0.813. The number of nitrogens with zero attached hydrogens (tertiary/aromatic N) is 1.